The van der Waals surface area contributed by atoms with Gasteiger partial charge in [-0.25, -0.2) is 4.79 Å². The second kappa shape index (κ2) is 3.36. The van der Waals surface area contributed by atoms with E-state index >= 15 is 0 Å². The van der Waals surface area contributed by atoms with Gasteiger partial charge in [-0.2, -0.15) is 0 Å². The Morgan fingerprint density at radius 3 is 2.67 bits per heavy atom. The summed E-state index contributed by atoms with van der Waals surface area (Å²) in [4.78, 5) is 26.2. The molecule has 1 rings (SSSR count). The summed E-state index contributed by atoms with van der Waals surface area (Å²) in [5.41, 5.74) is 5.06. The molecule has 0 amide bonds. The molecule has 4 N–H and O–H groups in total. The van der Waals surface area contributed by atoms with Crippen molar-refractivity contribution >= 4 is 0 Å². The van der Waals surface area contributed by atoms with E-state index in [1.807, 2.05) is 6.92 Å². The summed E-state index contributed by atoms with van der Waals surface area (Å²) < 4.78 is 0. The highest BCUT2D eigenvalue weighted by Crippen LogP contribution is 2.04. The molecule has 0 bridgehead atoms. The topological polar surface area (TPSA) is 91.7 Å². The monoisotopic (exact) mass is 169 g/mol. The van der Waals surface area contributed by atoms with E-state index in [0.717, 1.165) is 0 Å². The molecule has 5 heteroatoms. The Morgan fingerprint density at radius 2 is 2.17 bits per heavy atom. The van der Waals surface area contributed by atoms with Gasteiger partial charge in [0.25, 0.3) is 5.56 Å². The van der Waals surface area contributed by atoms with Crippen LogP contribution in [0.25, 0.3) is 0 Å². The van der Waals surface area contributed by atoms with Gasteiger partial charge in [0.1, 0.15) is 0 Å². The summed E-state index contributed by atoms with van der Waals surface area (Å²) in [5.74, 6) is -0.000000000000000222. The van der Waals surface area contributed by atoms with Crippen LogP contribution in [0.3, 0.4) is 0 Å². The first-order chi connectivity index (χ1) is 5.63. The van der Waals surface area contributed by atoms with E-state index in [0.29, 0.717) is 12.2 Å². The molecular formula is C7H11N3O2. The predicted octanol–water partition coefficient (Wildman–Crippen LogP) is -0.875. The normalized spacial score (nSPS) is 12.8. The molecule has 1 unspecified atom stereocenters. The Morgan fingerprint density at radius 1 is 1.50 bits per heavy atom. The fraction of sp³-hybridized carbons (Fsp3) is 0.429. The molecule has 0 aliphatic heterocycles. The second-order valence-corrected chi connectivity index (χ2v) is 2.68. The number of aromatic amines is 2. The highest BCUT2D eigenvalue weighted by Gasteiger charge is 2.04. The van der Waals surface area contributed by atoms with Gasteiger partial charge in [-0.05, 0) is 0 Å². The molecule has 0 aliphatic rings. The third-order valence-electron chi connectivity index (χ3n) is 1.67. The first kappa shape index (κ1) is 8.73. The van der Waals surface area contributed by atoms with E-state index in [-0.39, 0.29) is 5.92 Å². The van der Waals surface area contributed by atoms with Crippen LogP contribution >= 0.6 is 0 Å². The third-order valence-corrected chi connectivity index (χ3v) is 1.67. The summed E-state index contributed by atoms with van der Waals surface area (Å²) in [6.07, 6.45) is 0. The van der Waals surface area contributed by atoms with Crippen LogP contribution in [-0.2, 0) is 0 Å². The molecule has 0 aliphatic carbocycles. The number of aromatic nitrogens is 2. The van der Waals surface area contributed by atoms with Gasteiger partial charge in [-0.3, -0.25) is 9.78 Å². The average molecular weight is 169 g/mol. The van der Waals surface area contributed by atoms with Crippen molar-refractivity contribution in [2.75, 3.05) is 6.54 Å². The lowest BCUT2D eigenvalue weighted by Gasteiger charge is -2.05. The molecule has 1 atom stereocenters. The molecule has 1 aromatic heterocycles. The number of hydrogen-bond acceptors (Lipinski definition) is 3. The first-order valence-electron chi connectivity index (χ1n) is 3.67. The molecule has 0 fully saturated rings. The van der Waals surface area contributed by atoms with Crippen LogP contribution in [0.5, 0.6) is 0 Å². The van der Waals surface area contributed by atoms with Crippen molar-refractivity contribution in [2.45, 2.75) is 12.8 Å². The van der Waals surface area contributed by atoms with Crippen LogP contribution in [0.1, 0.15) is 18.5 Å². The van der Waals surface area contributed by atoms with Gasteiger partial charge in [0, 0.05) is 24.2 Å². The Labute approximate surface area is 68.6 Å². The number of hydrogen-bond donors (Lipinski definition) is 3. The molecule has 0 saturated carbocycles. The summed E-state index contributed by atoms with van der Waals surface area (Å²) in [7, 11) is 0. The molecule has 0 saturated heterocycles. The minimum absolute atomic E-state index is 0.000000000000000222. The lowest BCUT2D eigenvalue weighted by atomic mass is 10.1. The number of nitrogens with two attached hydrogens (primary N) is 1. The molecule has 0 aromatic carbocycles. The Balaban J connectivity index is 3.17. The molecule has 0 spiro atoms. The average Bonchev–Trinajstić information content (AvgIpc) is 2.01. The third kappa shape index (κ3) is 1.82. The van der Waals surface area contributed by atoms with Crippen molar-refractivity contribution in [3.63, 3.8) is 0 Å². The fourth-order valence-electron chi connectivity index (χ4n) is 0.880. The van der Waals surface area contributed by atoms with Crippen LogP contribution in [0.15, 0.2) is 15.7 Å². The smallest absolute Gasteiger partial charge is 0.325 e. The largest absolute Gasteiger partial charge is 0.330 e. The van der Waals surface area contributed by atoms with Gasteiger partial charge in [0.05, 0.1) is 0 Å². The maximum absolute atomic E-state index is 10.8. The van der Waals surface area contributed by atoms with Crippen LogP contribution < -0.4 is 17.0 Å². The van der Waals surface area contributed by atoms with Crippen molar-refractivity contribution in [3.8, 4) is 0 Å². The van der Waals surface area contributed by atoms with E-state index in [9.17, 15) is 9.59 Å². The first-order valence-corrected chi connectivity index (χ1v) is 3.67. The maximum atomic E-state index is 10.8. The van der Waals surface area contributed by atoms with E-state index < -0.39 is 11.2 Å². The van der Waals surface area contributed by atoms with Crippen LogP contribution in [0, 0.1) is 0 Å². The van der Waals surface area contributed by atoms with Crippen LogP contribution in [0.2, 0.25) is 0 Å². The SMILES string of the molecule is CC(CN)c1cc(=O)[nH]c(=O)[nH]1. The highest BCUT2D eigenvalue weighted by molar-refractivity contribution is 5.04. The molecule has 5 nitrogen and oxygen atoms in total. The quantitative estimate of drug-likeness (QED) is 0.537. The van der Waals surface area contributed by atoms with E-state index in [1.54, 1.807) is 0 Å². The predicted molar refractivity (Wildman–Crippen MR) is 45.2 cm³/mol. The Hall–Kier alpha value is -1.36. The molecule has 12 heavy (non-hydrogen) atoms. The van der Waals surface area contributed by atoms with Gasteiger partial charge in [0.2, 0.25) is 0 Å². The van der Waals surface area contributed by atoms with Crippen molar-refractivity contribution in [1.29, 1.82) is 0 Å². The number of rotatable bonds is 2. The van der Waals surface area contributed by atoms with E-state index in [4.69, 9.17) is 5.73 Å². The minimum Gasteiger partial charge on any atom is -0.330 e. The summed E-state index contributed by atoms with van der Waals surface area (Å²) in [5, 5.41) is 0. The zero-order valence-electron chi connectivity index (χ0n) is 6.76. The molecule has 1 heterocycles. The molecular weight excluding hydrogens is 158 g/mol. The van der Waals surface area contributed by atoms with Crippen molar-refractivity contribution < 1.29 is 0 Å². The van der Waals surface area contributed by atoms with Crippen molar-refractivity contribution in [3.05, 3.63) is 32.6 Å². The summed E-state index contributed by atoms with van der Waals surface area (Å²) >= 11 is 0. The molecule has 1 aromatic rings. The van der Waals surface area contributed by atoms with Crippen LogP contribution in [0.4, 0.5) is 0 Å². The van der Waals surface area contributed by atoms with Gasteiger partial charge in [0.15, 0.2) is 0 Å². The number of H-pyrrole nitrogens is 2. The van der Waals surface area contributed by atoms with E-state index in [1.165, 1.54) is 6.07 Å². The van der Waals surface area contributed by atoms with Gasteiger partial charge >= 0.3 is 5.69 Å². The molecule has 66 valence electrons. The fourth-order valence-corrected chi connectivity index (χ4v) is 0.880. The zero-order chi connectivity index (χ0) is 9.14. The number of nitrogens with one attached hydrogen (secondary N) is 2. The van der Waals surface area contributed by atoms with Crippen molar-refractivity contribution in [2.24, 2.45) is 5.73 Å². The standard InChI is InChI=1S/C7H11N3O2/c1-4(3-8)5-2-6(11)10-7(12)9-5/h2,4H,3,8H2,1H3,(H2,9,10,11,12). The Kier molecular flexibility index (Phi) is 2.44. The van der Waals surface area contributed by atoms with Gasteiger partial charge in [-0.1, -0.05) is 6.92 Å². The second-order valence-electron chi connectivity index (χ2n) is 2.68. The molecule has 0 radical (unpaired) electrons. The Bertz CT molecular complexity index is 337. The highest BCUT2D eigenvalue weighted by atomic mass is 16.2. The van der Waals surface area contributed by atoms with E-state index in [2.05, 4.69) is 9.97 Å². The minimum atomic E-state index is -0.488. The van der Waals surface area contributed by atoms with Gasteiger partial charge in [-0.15, -0.1) is 0 Å². The lowest BCUT2D eigenvalue weighted by molar-refractivity contribution is 0.730. The summed E-state index contributed by atoms with van der Waals surface area (Å²) in [6.45, 7) is 2.24. The lowest BCUT2D eigenvalue weighted by Crippen LogP contribution is -2.25. The maximum Gasteiger partial charge on any atom is 0.325 e. The van der Waals surface area contributed by atoms with Gasteiger partial charge < -0.3 is 10.7 Å². The summed E-state index contributed by atoms with van der Waals surface area (Å²) in [6, 6.07) is 1.35. The van der Waals surface area contributed by atoms with Crippen LogP contribution in [-0.4, -0.2) is 16.5 Å². The zero-order valence-corrected chi connectivity index (χ0v) is 6.76. The van der Waals surface area contributed by atoms with Crippen molar-refractivity contribution in [1.82, 2.24) is 9.97 Å².